The molecule has 5 heteroatoms. The Bertz CT molecular complexity index is 501. The molecule has 1 heterocycles. The van der Waals surface area contributed by atoms with Crippen LogP contribution in [0.15, 0.2) is 18.2 Å². The molecule has 1 aliphatic heterocycles. The van der Waals surface area contributed by atoms with Gasteiger partial charge in [-0.25, -0.2) is 4.39 Å². The zero-order valence-corrected chi connectivity index (χ0v) is 14.7. The molecule has 0 bridgehead atoms. The molecular formula is C16H22FIN2O. The molecule has 1 N–H and O–H groups in total. The number of hydrogen-bond acceptors (Lipinski definition) is 2. The molecule has 0 saturated carbocycles. The maximum atomic E-state index is 13.2. The molecule has 21 heavy (non-hydrogen) atoms. The second-order valence-corrected chi connectivity index (χ2v) is 7.18. The molecular weight excluding hydrogens is 382 g/mol. The number of rotatable bonds is 5. The number of nitrogens with zero attached hydrogens (tertiary/aromatic N) is 1. The normalized spacial score (nSPS) is 18.2. The number of halogens is 2. The smallest absolute Gasteiger partial charge is 0.254 e. The molecule has 0 spiro atoms. The molecule has 0 aliphatic carbocycles. The lowest BCUT2D eigenvalue weighted by atomic mass is 10.1. The van der Waals surface area contributed by atoms with Crippen LogP contribution in [0, 0.1) is 15.3 Å². The minimum Gasteiger partial charge on any atom is -0.337 e. The lowest BCUT2D eigenvalue weighted by Gasteiger charge is -2.28. The van der Waals surface area contributed by atoms with Crippen LogP contribution in [0.3, 0.4) is 0 Å². The molecule has 2 rings (SSSR count). The van der Waals surface area contributed by atoms with Gasteiger partial charge < -0.3 is 10.2 Å². The maximum Gasteiger partial charge on any atom is 0.254 e. The first-order valence-corrected chi connectivity index (χ1v) is 8.53. The van der Waals surface area contributed by atoms with Crippen molar-refractivity contribution in [1.82, 2.24) is 10.2 Å². The second kappa shape index (κ2) is 7.54. The van der Waals surface area contributed by atoms with Gasteiger partial charge in [-0.2, -0.15) is 0 Å². The fraction of sp³-hybridized carbons (Fsp3) is 0.562. The van der Waals surface area contributed by atoms with Crippen LogP contribution < -0.4 is 5.32 Å². The second-order valence-electron chi connectivity index (χ2n) is 6.02. The lowest BCUT2D eigenvalue weighted by Crippen LogP contribution is -2.43. The maximum absolute atomic E-state index is 13.2. The van der Waals surface area contributed by atoms with Crippen molar-refractivity contribution in [3.8, 4) is 0 Å². The quantitative estimate of drug-likeness (QED) is 0.765. The third-order valence-corrected chi connectivity index (χ3v) is 4.53. The van der Waals surface area contributed by atoms with Gasteiger partial charge in [0.25, 0.3) is 5.91 Å². The van der Waals surface area contributed by atoms with E-state index in [2.05, 4.69) is 19.2 Å². The van der Waals surface area contributed by atoms with Gasteiger partial charge in [0.05, 0.1) is 5.56 Å². The summed E-state index contributed by atoms with van der Waals surface area (Å²) < 4.78 is 13.9. The van der Waals surface area contributed by atoms with Gasteiger partial charge in [-0.05, 0) is 66.1 Å². The van der Waals surface area contributed by atoms with Crippen LogP contribution in [-0.2, 0) is 0 Å². The van der Waals surface area contributed by atoms with Gasteiger partial charge in [0.1, 0.15) is 5.82 Å². The SMILES string of the molecule is CC(C)CN(CC1CCCN1)C(=O)c1ccc(F)cc1I. The fourth-order valence-electron chi connectivity index (χ4n) is 2.69. The summed E-state index contributed by atoms with van der Waals surface area (Å²) in [5, 5.41) is 3.43. The first-order chi connectivity index (χ1) is 9.97. The third-order valence-electron chi connectivity index (χ3n) is 3.64. The Labute approximate surface area is 139 Å². The number of carbonyl (C=O) groups excluding carboxylic acids is 1. The highest BCUT2D eigenvalue weighted by molar-refractivity contribution is 14.1. The van der Waals surface area contributed by atoms with Crippen molar-refractivity contribution in [2.75, 3.05) is 19.6 Å². The molecule has 1 amide bonds. The van der Waals surface area contributed by atoms with Crippen LogP contribution in [0.4, 0.5) is 4.39 Å². The van der Waals surface area contributed by atoms with Crippen LogP contribution in [-0.4, -0.2) is 36.5 Å². The Kier molecular flexibility index (Phi) is 5.98. The Balaban J connectivity index is 2.15. The van der Waals surface area contributed by atoms with Crippen molar-refractivity contribution in [3.05, 3.63) is 33.1 Å². The van der Waals surface area contributed by atoms with Crippen molar-refractivity contribution >= 4 is 28.5 Å². The molecule has 0 radical (unpaired) electrons. The number of nitrogens with one attached hydrogen (secondary N) is 1. The minimum atomic E-state index is -0.302. The molecule has 1 saturated heterocycles. The van der Waals surface area contributed by atoms with Crippen LogP contribution >= 0.6 is 22.6 Å². The standard InChI is InChI=1S/C16H22FIN2O/c1-11(2)9-20(10-13-4-3-7-19-13)16(21)14-6-5-12(17)8-15(14)18/h5-6,8,11,13,19H,3-4,7,9-10H2,1-2H3. The topological polar surface area (TPSA) is 32.3 Å². The van der Waals surface area contributed by atoms with Crippen molar-refractivity contribution in [2.24, 2.45) is 5.92 Å². The van der Waals surface area contributed by atoms with E-state index in [0.717, 1.165) is 26.1 Å². The highest BCUT2D eigenvalue weighted by Crippen LogP contribution is 2.18. The van der Waals surface area contributed by atoms with Crippen molar-refractivity contribution in [2.45, 2.75) is 32.7 Å². The van der Waals surface area contributed by atoms with Crippen molar-refractivity contribution < 1.29 is 9.18 Å². The van der Waals surface area contributed by atoms with E-state index in [0.29, 0.717) is 21.1 Å². The average Bonchev–Trinajstić information content (AvgIpc) is 2.89. The van der Waals surface area contributed by atoms with E-state index in [9.17, 15) is 9.18 Å². The summed E-state index contributed by atoms with van der Waals surface area (Å²) in [6, 6.07) is 4.74. The minimum absolute atomic E-state index is 0.00167. The average molecular weight is 404 g/mol. The van der Waals surface area contributed by atoms with Crippen LogP contribution in [0.1, 0.15) is 37.0 Å². The molecule has 3 nitrogen and oxygen atoms in total. The highest BCUT2D eigenvalue weighted by atomic mass is 127. The molecule has 1 aromatic carbocycles. The van der Waals surface area contributed by atoms with Gasteiger partial charge in [0.15, 0.2) is 0 Å². The van der Waals surface area contributed by atoms with Gasteiger partial charge in [-0.15, -0.1) is 0 Å². The van der Waals surface area contributed by atoms with E-state index in [1.165, 1.54) is 18.6 Å². The lowest BCUT2D eigenvalue weighted by molar-refractivity contribution is 0.0720. The first-order valence-electron chi connectivity index (χ1n) is 7.45. The number of benzene rings is 1. The zero-order valence-electron chi connectivity index (χ0n) is 12.5. The molecule has 1 aliphatic rings. The van der Waals surface area contributed by atoms with Gasteiger partial charge >= 0.3 is 0 Å². The van der Waals surface area contributed by atoms with Gasteiger partial charge in [0, 0.05) is 22.7 Å². The molecule has 116 valence electrons. The fourth-order valence-corrected chi connectivity index (χ4v) is 3.40. The Morgan fingerprint density at radius 1 is 1.52 bits per heavy atom. The summed E-state index contributed by atoms with van der Waals surface area (Å²) in [6.07, 6.45) is 2.28. The Hall–Kier alpha value is -0.690. The predicted octanol–water partition coefficient (Wildman–Crippen LogP) is 3.28. The van der Waals surface area contributed by atoms with E-state index in [4.69, 9.17) is 0 Å². The zero-order chi connectivity index (χ0) is 15.4. The van der Waals surface area contributed by atoms with E-state index >= 15 is 0 Å². The van der Waals surface area contributed by atoms with Gasteiger partial charge in [0.2, 0.25) is 0 Å². The molecule has 1 aromatic rings. The third kappa shape index (κ3) is 4.64. The monoisotopic (exact) mass is 404 g/mol. The molecule has 0 aromatic heterocycles. The first kappa shape index (κ1) is 16.7. The van der Waals surface area contributed by atoms with E-state index in [-0.39, 0.29) is 11.7 Å². The number of hydrogen-bond donors (Lipinski definition) is 1. The number of amides is 1. The van der Waals surface area contributed by atoms with Crippen LogP contribution in [0.25, 0.3) is 0 Å². The van der Waals surface area contributed by atoms with Crippen LogP contribution in [0.5, 0.6) is 0 Å². The molecule has 1 atom stereocenters. The Morgan fingerprint density at radius 3 is 2.86 bits per heavy atom. The van der Waals surface area contributed by atoms with E-state index in [1.54, 1.807) is 6.07 Å². The van der Waals surface area contributed by atoms with Crippen molar-refractivity contribution in [1.29, 1.82) is 0 Å². The Morgan fingerprint density at radius 2 is 2.29 bits per heavy atom. The summed E-state index contributed by atoms with van der Waals surface area (Å²) in [6.45, 7) is 6.70. The summed E-state index contributed by atoms with van der Waals surface area (Å²) in [7, 11) is 0. The molecule has 1 fully saturated rings. The predicted molar refractivity (Wildman–Crippen MR) is 90.9 cm³/mol. The summed E-state index contributed by atoms with van der Waals surface area (Å²) in [5.41, 5.74) is 0.593. The van der Waals surface area contributed by atoms with E-state index in [1.807, 2.05) is 27.5 Å². The molecule has 1 unspecified atom stereocenters. The van der Waals surface area contributed by atoms with Crippen LogP contribution in [0.2, 0.25) is 0 Å². The van der Waals surface area contributed by atoms with Crippen molar-refractivity contribution in [3.63, 3.8) is 0 Å². The number of carbonyl (C=O) groups is 1. The summed E-state index contributed by atoms with van der Waals surface area (Å²) in [4.78, 5) is 14.7. The van der Waals surface area contributed by atoms with Gasteiger partial charge in [-0.1, -0.05) is 13.8 Å². The summed E-state index contributed by atoms with van der Waals surface area (Å²) >= 11 is 2.03. The largest absolute Gasteiger partial charge is 0.337 e. The summed E-state index contributed by atoms with van der Waals surface area (Å²) in [5.74, 6) is 0.110. The van der Waals surface area contributed by atoms with E-state index < -0.39 is 0 Å². The highest BCUT2D eigenvalue weighted by Gasteiger charge is 2.24. The van der Waals surface area contributed by atoms with Gasteiger partial charge in [-0.3, -0.25) is 4.79 Å².